The Morgan fingerprint density at radius 3 is 3.10 bits per heavy atom. The van der Waals surface area contributed by atoms with Gasteiger partial charge in [0.2, 0.25) is 11.8 Å². The Labute approximate surface area is 126 Å². The van der Waals surface area contributed by atoms with Gasteiger partial charge in [-0.15, -0.1) is 0 Å². The molecule has 8 heteroatoms. The van der Waals surface area contributed by atoms with Crippen molar-refractivity contribution in [3.8, 4) is 0 Å². The van der Waals surface area contributed by atoms with Gasteiger partial charge in [0.05, 0.1) is 12.1 Å². The van der Waals surface area contributed by atoms with Crippen LogP contribution in [0.5, 0.6) is 0 Å². The maximum atomic E-state index is 12.1. The molecule has 1 aromatic rings. The van der Waals surface area contributed by atoms with E-state index in [4.69, 9.17) is 0 Å². The molecule has 1 fully saturated rings. The first-order chi connectivity index (χ1) is 10.1. The van der Waals surface area contributed by atoms with Crippen molar-refractivity contribution < 1.29 is 14.4 Å². The van der Waals surface area contributed by atoms with Crippen LogP contribution in [0.4, 0.5) is 4.79 Å². The fourth-order valence-corrected chi connectivity index (χ4v) is 3.38. The number of nitrogens with zero attached hydrogens (tertiary/aromatic N) is 3. The zero-order valence-electron chi connectivity index (χ0n) is 11.4. The Morgan fingerprint density at radius 2 is 2.33 bits per heavy atom. The van der Waals surface area contributed by atoms with E-state index >= 15 is 0 Å². The number of thioether (sulfide) groups is 1. The molecular weight excluding hydrogens is 292 g/mol. The van der Waals surface area contributed by atoms with Crippen molar-refractivity contribution in [2.75, 3.05) is 18.8 Å². The van der Waals surface area contributed by atoms with Gasteiger partial charge in [0.15, 0.2) is 0 Å². The Balaban J connectivity index is 1.47. The summed E-state index contributed by atoms with van der Waals surface area (Å²) in [7, 11) is 0. The fourth-order valence-electron chi connectivity index (χ4n) is 2.63. The number of carbonyl (C=O) groups is 3. The minimum Gasteiger partial charge on any atom is -0.354 e. The van der Waals surface area contributed by atoms with Crippen molar-refractivity contribution in [3.63, 3.8) is 0 Å². The van der Waals surface area contributed by atoms with E-state index in [-0.39, 0.29) is 35.3 Å². The van der Waals surface area contributed by atoms with Crippen LogP contribution >= 0.6 is 11.8 Å². The van der Waals surface area contributed by atoms with Crippen LogP contribution in [0.3, 0.4) is 0 Å². The second-order valence-electron chi connectivity index (χ2n) is 5.16. The number of nitrogens with one attached hydrogen (secondary N) is 1. The molecule has 7 nitrogen and oxygen atoms in total. The normalized spacial score (nSPS) is 21.5. The molecule has 112 valence electrons. The number of imidazole rings is 1. The third kappa shape index (κ3) is 2.94. The van der Waals surface area contributed by atoms with Crippen LogP contribution in [0, 0.1) is 5.92 Å². The molecule has 2 aliphatic rings. The van der Waals surface area contributed by atoms with Crippen LogP contribution in [-0.2, 0) is 22.6 Å². The zero-order chi connectivity index (χ0) is 14.8. The van der Waals surface area contributed by atoms with Gasteiger partial charge in [0, 0.05) is 43.9 Å². The first-order valence-electron chi connectivity index (χ1n) is 6.89. The van der Waals surface area contributed by atoms with E-state index in [1.165, 1.54) is 4.90 Å². The molecule has 3 rings (SSSR count). The van der Waals surface area contributed by atoms with Crippen molar-refractivity contribution in [1.29, 1.82) is 0 Å². The van der Waals surface area contributed by atoms with Gasteiger partial charge in [-0.2, -0.15) is 0 Å². The first kappa shape index (κ1) is 14.1. The Bertz CT molecular complexity index is 570. The average Bonchev–Trinajstić information content (AvgIpc) is 3.07. The third-order valence-corrected chi connectivity index (χ3v) is 4.68. The van der Waals surface area contributed by atoms with Crippen LogP contribution in [0.1, 0.15) is 12.1 Å². The van der Waals surface area contributed by atoms with Gasteiger partial charge in [-0.05, 0) is 6.42 Å². The lowest BCUT2D eigenvalue weighted by Crippen LogP contribution is -2.41. The Kier molecular flexibility index (Phi) is 3.96. The molecule has 1 aromatic heterocycles. The van der Waals surface area contributed by atoms with Crippen molar-refractivity contribution in [2.24, 2.45) is 5.92 Å². The van der Waals surface area contributed by atoms with Gasteiger partial charge >= 0.3 is 0 Å². The molecule has 1 unspecified atom stereocenters. The lowest BCUT2D eigenvalue weighted by molar-refractivity contribution is -0.127. The molecule has 1 atom stereocenters. The topological polar surface area (TPSA) is 84.3 Å². The summed E-state index contributed by atoms with van der Waals surface area (Å²) in [6.07, 6.45) is 5.04. The number of hydrogen-bond acceptors (Lipinski definition) is 5. The first-order valence-corrected chi connectivity index (χ1v) is 7.87. The van der Waals surface area contributed by atoms with E-state index in [1.807, 2.05) is 0 Å². The molecule has 0 radical (unpaired) electrons. The molecule has 0 bridgehead atoms. The van der Waals surface area contributed by atoms with E-state index in [1.54, 1.807) is 12.5 Å². The SMILES string of the molecule is O=C(NCCN1C(=O)CSC1=O)C1CCn2cncc2C1. The molecule has 0 spiro atoms. The molecule has 3 heterocycles. The number of hydrogen-bond donors (Lipinski definition) is 1. The van der Waals surface area contributed by atoms with Gasteiger partial charge in [0.1, 0.15) is 0 Å². The molecular formula is C13H16N4O3S. The molecule has 1 N–H and O–H groups in total. The smallest absolute Gasteiger partial charge is 0.288 e. The quantitative estimate of drug-likeness (QED) is 0.862. The molecule has 2 aliphatic heterocycles. The molecule has 0 aromatic carbocycles. The highest BCUT2D eigenvalue weighted by Crippen LogP contribution is 2.20. The summed E-state index contributed by atoms with van der Waals surface area (Å²) in [5.41, 5.74) is 1.07. The van der Waals surface area contributed by atoms with Crippen LogP contribution in [0.15, 0.2) is 12.5 Å². The van der Waals surface area contributed by atoms with E-state index < -0.39 is 0 Å². The second-order valence-corrected chi connectivity index (χ2v) is 6.09. The van der Waals surface area contributed by atoms with E-state index in [0.717, 1.165) is 30.4 Å². The largest absolute Gasteiger partial charge is 0.354 e. The van der Waals surface area contributed by atoms with E-state index in [2.05, 4.69) is 14.9 Å². The van der Waals surface area contributed by atoms with Crippen molar-refractivity contribution in [3.05, 3.63) is 18.2 Å². The standard InChI is InChI=1S/C13H16N4O3S/c18-11-7-21-13(20)17(11)4-2-15-12(19)9-1-3-16-8-14-6-10(16)5-9/h6,8-9H,1-5,7H2,(H,15,19). The van der Waals surface area contributed by atoms with Gasteiger partial charge in [0.25, 0.3) is 5.24 Å². The number of rotatable bonds is 4. The van der Waals surface area contributed by atoms with Crippen LogP contribution in [0.2, 0.25) is 0 Å². The maximum absolute atomic E-state index is 12.1. The van der Waals surface area contributed by atoms with Crippen molar-refractivity contribution >= 4 is 28.8 Å². The second kappa shape index (κ2) is 5.88. The predicted octanol–water partition coefficient (Wildman–Crippen LogP) is 0.257. The van der Waals surface area contributed by atoms with Crippen LogP contribution < -0.4 is 5.32 Å². The van der Waals surface area contributed by atoms with Crippen LogP contribution in [0.25, 0.3) is 0 Å². The summed E-state index contributed by atoms with van der Waals surface area (Å²) >= 11 is 1.01. The molecule has 3 amide bonds. The monoisotopic (exact) mass is 308 g/mol. The molecule has 1 saturated heterocycles. The minimum absolute atomic E-state index is 0.0193. The molecule has 0 saturated carbocycles. The molecule has 0 aliphatic carbocycles. The summed E-state index contributed by atoms with van der Waals surface area (Å²) in [6, 6.07) is 0. The van der Waals surface area contributed by atoms with Gasteiger partial charge in [-0.25, -0.2) is 4.98 Å². The summed E-state index contributed by atoms with van der Waals surface area (Å²) in [4.78, 5) is 40.3. The number of imide groups is 1. The highest BCUT2D eigenvalue weighted by atomic mass is 32.2. The Morgan fingerprint density at radius 1 is 1.48 bits per heavy atom. The number of fused-ring (bicyclic) bond motifs is 1. The highest BCUT2D eigenvalue weighted by Gasteiger charge is 2.30. The summed E-state index contributed by atoms with van der Waals surface area (Å²) in [5, 5.41) is 2.59. The fraction of sp³-hybridized carbons (Fsp3) is 0.538. The van der Waals surface area contributed by atoms with Gasteiger partial charge in [-0.1, -0.05) is 11.8 Å². The van der Waals surface area contributed by atoms with Gasteiger partial charge < -0.3 is 9.88 Å². The van der Waals surface area contributed by atoms with Gasteiger partial charge in [-0.3, -0.25) is 19.3 Å². The van der Waals surface area contributed by atoms with Crippen molar-refractivity contribution in [2.45, 2.75) is 19.4 Å². The van der Waals surface area contributed by atoms with Crippen molar-refractivity contribution in [1.82, 2.24) is 19.8 Å². The summed E-state index contributed by atoms with van der Waals surface area (Å²) in [5.74, 6) is -0.0528. The van der Waals surface area contributed by atoms with E-state index in [9.17, 15) is 14.4 Å². The number of carbonyl (C=O) groups excluding carboxylic acids is 3. The number of amides is 3. The highest BCUT2D eigenvalue weighted by molar-refractivity contribution is 8.14. The third-order valence-electron chi connectivity index (χ3n) is 3.82. The summed E-state index contributed by atoms with van der Waals surface area (Å²) < 4.78 is 2.06. The predicted molar refractivity (Wildman–Crippen MR) is 76.6 cm³/mol. The maximum Gasteiger partial charge on any atom is 0.288 e. The zero-order valence-corrected chi connectivity index (χ0v) is 12.3. The Hall–Kier alpha value is -1.83. The van der Waals surface area contributed by atoms with E-state index in [0.29, 0.717) is 13.0 Å². The van der Waals surface area contributed by atoms with Crippen LogP contribution in [-0.4, -0.2) is 50.3 Å². The minimum atomic E-state index is -0.226. The lowest BCUT2D eigenvalue weighted by Gasteiger charge is -2.23. The summed E-state index contributed by atoms with van der Waals surface area (Å²) in [6.45, 7) is 1.36. The number of aromatic nitrogens is 2. The average molecular weight is 308 g/mol. The number of aryl methyl sites for hydroxylation is 1. The molecule has 21 heavy (non-hydrogen) atoms. The lowest BCUT2D eigenvalue weighted by atomic mass is 9.95.